The fourth-order valence-electron chi connectivity index (χ4n) is 6.75. The van der Waals surface area contributed by atoms with Gasteiger partial charge in [0.15, 0.2) is 6.10 Å². The lowest BCUT2D eigenvalue weighted by atomic mass is 10.1. The third kappa shape index (κ3) is 47.8. The lowest BCUT2D eigenvalue weighted by Crippen LogP contribution is -2.30. The van der Waals surface area contributed by atoms with E-state index in [9.17, 15) is 9.59 Å². The number of hydrogen-bond donors (Lipinski definition) is 0. The number of ether oxygens (including phenoxy) is 3. The maximum absolute atomic E-state index is 12.8. The molecule has 0 aromatic heterocycles. The first-order valence-electron chi connectivity index (χ1n) is 25.1. The molecule has 0 bridgehead atoms. The van der Waals surface area contributed by atoms with E-state index in [1.807, 2.05) is 0 Å². The van der Waals surface area contributed by atoms with Crippen LogP contribution in [0.15, 0.2) is 85.1 Å². The van der Waals surface area contributed by atoms with Crippen LogP contribution >= 0.6 is 0 Å². The predicted octanol–water partition coefficient (Wildman–Crippen LogP) is 16.9. The van der Waals surface area contributed by atoms with Gasteiger partial charge in [-0.2, -0.15) is 0 Å². The first kappa shape index (κ1) is 57.1. The number of carbonyl (C=O) groups excluding carboxylic acids is 2. The van der Waals surface area contributed by atoms with Crippen molar-refractivity contribution in [1.29, 1.82) is 0 Å². The third-order valence-corrected chi connectivity index (χ3v) is 10.4. The van der Waals surface area contributed by atoms with Gasteiger partial charge in [0, 0.05) is 19.4 Å². The van der Waals surface area contributed by atoms with Crippen molar-refractivity contribution in [2.75, 3.05) is 19.8 Å². The normalized spacial score (nSPS) is 12.9. The maximum atomic E-state index is 12.8. The highest BCUT2D eigenvalue weighted by atomic mass is 16.6. The zero-order chi connectivity index (χ0) is 43.5. The van der Waals surface area contributed by atoms with Crippen LogP contribution < -0.4 is 0 Å². The van der Waals surface area contributed by atoms with Gasteiger partial charge in [0.25, 0.3) is 0 Å². The fraction of sp³-hybridized carbons (Fsp3) is 0.709. The van der Waals surface area contributed by atoms with E-state index in [-0.39, 0.29) is 25.2 Å². The molecule has 0 rings (SSSR count). The molecular weight excluding hydrogens is 741 g/mol. The minimum Gasteiger partial charge on any atom is -0.462 e. The summed E-state index contributed by atoms with van der Waals surface area (Å²) < 4.78 is 17.3. The van der Waals surface area contributed by atoms with Crippen molar-refractivity contribution < 1.29 is 23.8 Å². The molecule has 0 aromatic rings. The van der Waals surface area contributed by atoms with Crippen molar-refractivity contribution in [1.82, 2.24) is 0 Å². The maximum Gasteiger partial charge on any atom is 0.306 e. The molecule has 0 fully saturated rings. The zero-order valence-corrected chi connectivity index (χ0v) is 39.5. The van der Waals surface area contributed by atoms with Crippen molar-refractivity contribution in [2.45, 2.75) is 232 Å². The number of hydrogen-bond acceptors (Lipinski definition) is 5. The van der Waals surface area contributed by atoms with E-state index >= 15 is 0 Å². The molecule has 5 heteroatoms. The summed E-state index contributed by atoms with van der Waals surface area (Å²) in [7, 11) is 0. The topological polar surface area (TPSA) is 61.8 Å². The fourth-order valence-corrected chi connectivity index (χ4v) is 6.75. The molecule has 0 saturated carbocycles. The van der Waals surface area contributed by atoms with E-state index in [0.717, 1.165) is 109 Å². The Hall–Kier alpha value is -2.92. The second kappa shape index (κ2) is 50.4. The Morgan fingerprint density at radius 1 is 0.383 bits per heavy atom. The van der Waals surface area contributed by atoms with Crippen LogP contribution in [0.1, 0.15) is 226 Å². The van der Waals surface area contributed by atoms with Crippen LogP contribution in [0.25, 0.3) is 0 Å². The largest absolute Gasteiger partial charge is 0.462 e. The van der Waals surface area contributed by atoms with Gasteiger partial charge in [-0.3, -0.25) is 9.59 Å². The number of allylic oxidation sites excluding steroid dienone is 14. The van der Waals surface area contributed by atoms with E-state index in [1.54, 1.807) is 0 Å². The van der Waals surface area contributed by atoms with E-state index in [1.165, 1.54) is 83.5 Å². The van der Waals surface area contributed by atoms with Crippen LogP contribution in [0, 0.1) is 0 Å². The van der Waals surface area contributed by atoms with Crippen LogP contribution in [-0.4, -0.2) is 37.9 Å². The first-order chi connectivity index (χ1) is 29.6. The monoisotopic (exact) mass is 835 g/mol. The van der Waals surface area contributed by atoms with E-state index in [2.05, 4.69) is 106 Å². The molecule has 1 unspecified atom stereocenters. The van der Waals surface area contributed by atoms with Gasteiger partial charge in [-0.05, 0) is 89.9 Å². The van der Waals surface area contributed by atoms with Gasteiger partial charge < -0.3 is 14.2 Å². The zero-order valence-electron chi connectivity index (χ0n) is 39.5. The molecule has 0 radical (unpaired) electrons. The van der Waals surface area contributed by atoms with Crippen molar-refractivity contribution in [3.05, 3.63) is 85.1 Å². The number of carbonyl (C=O) groups is 2. The number of rotatable bonds is 45. The van der Waals surface area contributed by atoms with Crippen molar-refractivity contribution >= 4 is 11.9 Å². The lowest BCUT2D eigenvalue weighted by molar-refractivity contribution is -0.163. The Bertz CT molecular complexity index is 1130. The molecule has 5 nitrogen and oxygen atoms in total. The molecule has 0 aliphatic rings. The first-order valence-corrected chi connectivity index (χ1v) is 25.1. The summed E-state index contributed by atoms with van der Waals surface area (Å²) in [6.45, 7) is 7.57. The average Bonchev–Trinajstić information content (AvgIpc) is 3.25. The molecule has 344 valence electrons. The minimum atomic E-state index is -0.547. The average molecular weight is 835 g/mol. The molecule has 0 aliphatic carbocycles. The third-order valence-electron chi connectivity index (χ3n) is 10.4. The van der Waals surface area contributed by atoms with Crippen molar-refractivity contribution in [2.24, 2.45) is 0 Å². The minimum absolute atomic E-state index is 0.0713. The second-order valence-electron chi connectivity index (χ2n) is 16.3. The summed E-state index contributed by atoms with van der Waals surface area (Å²) in [6.07, 6.45) is 65.9. The molecule has 0 N–H and O–H groups in total. The quantitative estimate of drug-likeness (QED) is 0.0347. The Kier molecular flexibility index (Phi) is 48.0. The molecule has 0 amide bonds. The van der Waals surface area contributed by atoms with Gasteiger partial charge in [-0.25, -0.2) is 0 Å². The highest BCUT2D eigenvalue weighted by molar-refractivity contribution is 5.70. The molecule has 0 saturated heterocycles. The SMILES string of the molecule is CC/C=C\C/C=C\C/C=C\C/C=C\CCCCCCCCC(=O)OCC(COCCCCCCCCCC)OC(=O)CCCCCCCCC/C=C\C/C=C\C/C=C\CC. The van der Waals surface area contributed by atoms with E-state index < -0.39 is 6.10 Å². The molecule has 0 spiro atoms. The molecule has 0 aromatic carbocycles. The summed E-state index contributed by atoms with van der Waals surface area (Å²) in [5, 5.41) is 0. The Morgan fingerprint density at radius 3 is 1.20 bits per heavy atom. The number of unbranched alkanes of at least 4 members (excludes halogenated alkanes) is 20. The molecule has 0 aliphatic heterocycles. The van der Waals surface area contributed by atoms with Gasteiger partial charge in [0.05, 0.1) is 6.61 Å². The molecule has 0 heterocycles. The van der Waals surface area contributed by atoms with E-state index in [0.29, 0.717) is 19.4 Å². The highest BCUT2D eigenvalue weighted by Gasteiger charge is 2.17. The number of esters is 2. The summed E-state index contributed by atoms with van der Waals surface area (Å²) in [5.41, 5.74) is 0. The van der Waals surface area contributed by atoms with Crippen molar-refractivity contribution in [3.63, 3.8) is 0 Å². The Morgan fingerprint density at radius 2 is 0.750 bits per heavy atom. The van der Waals surface area contributed by atoms with Gasteiger partial charge in [-0.15, -0.1) is 0 Å². The van der Waals surface area contributed by atoms with Gasteiger partial charge in [0.1, 0.15) is 6.61 Å². The van der Waals surface area contributed by atoms with Crippen LogP contribution in [0.2, 0.25) is 0 Å². The standard InChI is InChI=1S/C55H94O5/c1-4-7-10-13-16-19-21-23-25-27-28-30-31-33-35-37-39-42-45-48-54(56)59-52-53(51-58-50-47-44-41-18-15-12-9-6-3)60-55(57)49-46-43-40-38-36-34-32-29-26-24-22-20-17-14-11-8-5-2/h7-8,10-11,16-17,19-20,23-26,28,30,53H,4-6,9,12-15,18,21-22,27,29,31-52H2,1-3H3/b10-7-,11-8-,19-16-,20-17-,25-23-,26-24-,30-28-. The van der Waals surface area contributed by atoms with E-state index in [4.69, 9.17) is 14.2 Å². The van der Waals surface area contributed by atoms with Gasteiger partial charge in [-0.1, -0.05) is 209 Å². The Labute approximate surface area is 371 Å². The van der Waals surface area contributed by atoms with Gasteiger partial charge >= 0.3 is 11.9 Å². The smallest absolute Gasteiger partial charge is 0.306 e. The summed E-state index contributed by atoms with van der Waals surface area (Å²) in [6, 6.07) is 0. The molecular formula is C55H94O5. The molecule has 60 heavy (non-hydrogen) atoms. The van der Waals surface area contributed by atoms with Crippen molar-refractivity contribution in [3.8, 4) is 0 Å². The highest BCUT2D eigenvalue weighted by Crippen LogP contribution is 2.14. The Balaban J connectivity index is 4.21. The van der Waals surface area contributed by atoms with Crippen LogP contribution in [0.3, 0.4) is 0 Å². The lowest BCUT2D eigenvalue weighted by Gasteiger charge is -2.18. The predicted molar refractivity (Wildman–Crippen MR) is 260 cm³/mol. The summed E-state index contributed by atoms with van der Waals surface area (Å²) in [4.78, 5) is 25.3. The molecule has 1 atom stereocenters. The van der Waals surface area contributed by atoms with Crippen LogP contribution in [0.5, 0.6) is 0 Å². The van der Waals surface area contributed by atoms with Crippen LogP contribution in [0.4, 0.5) is 0 Å². The second-order valence-corrected chi connectivity index (χ2v) is 16.3. The summed E-state index contributed by atoms with van der Waals surface area (Å²) in [5.74, 6) is -0.426. The summed E-state index contributed by atoms with van der Waals surface area (Å²) >= 11 is 0. The van der Waals surface area contributed by atoms with Gasteiger partial charge in [0.2, 0.25) is 0 Å². The van der Waals surface area contributed by atoms with Crippen LogP contribution in [-0.2, 0) is 23.8 Å².